The topological polar surface area (TPSA) is 89.8 Å². The lowest BCUT2D eigenvalue weighted by atomic mass is 9.89. The highest BCUT2D eigenvalue weighted by Crippen LogP contribution is 2.33. The van der Waals surface area contributed by atoms with Crippen molar-refractivity contribution in [1.82, 2.24) is 24.5 Å². The van der Waals surface area contributed by atoms with Crippen LogP contribution in [0.25, 0.3) is 11.0 Å². The van der Waals surface area contributed by atoms with E-state index in [1.165, 1.54) is 24.7 Å². The normalized spacial score (nSPS) is 19.5. The van der Waals surface area contributed by atoms with Crippen LogP contribution >= 0.6 is 0 Å². The summed E-state index contributed by atoms with van der Waals surface area (Å²) in [5.41, 5.74) is 1.61. The third-order valence-corrected chi connectivity index (χ3v) is 6.91. The molecule has 4 rings (SSSR count). The van der Waals surface area contributed by atoms with Gasteiger partial charge in [-0.05, 0) is 44.9 Å². The number of fused-ring (bicyclic) bond motifs is 1. The molecule has 10 heteroatoms. The predicted molar refractivity (Wildman–Crippen MR) is 103 cm³/mol. The monoisotopic (exact) mass is 421 g/mol. The van der Waals surface area contributed by atoms with Crippen LogP contribution in [0.3, 0.4) is 0 Å². The van der Waals surface area contributed by atoms with Crippen LogP contribution in [0.15, 0.2) is 41.7 Å². The van der Waals surface area contributed by atoms with Crippen LogP contribution < -0.4 is 5.32 Å². The Morgan fingerprint density at radius 2 is 2.00 bits per heavy atom. The first kappa shape index (κ1) is 19.8. The average Bonchev–Trinajstić information content (AvgIpc) is 3.13. The van der Waals surface area contributed by atoms with Crippen molar-refractivity contribution in [3.8, 4) is 0 Å². The third kappa shape index (κ3) is 3.74. The van der Waals surface area contributed by atoms with E-state index >= 15 is 0 Å². The Kier molecular flexibility index (Phi) is 5.07. The summed E-state index contributed by atoms with van der Waals surface area (Å²) >= 11 is 0. The largest absolute Gasteiger partial charge is 0.311 e. The van der Waals surface area contributed by atoms with Gasteiger partial charge in [0.25, 0.3) is 15.9 Å². The van der Waals surface area contributed by atoms with Gasteiger partial charge in [0.1, 0.15) is 6.33 Å². The molecule has 3 aromatic rings. The number of alkyl halides is 2. The van der Waals surface area contributed by atoms with Crippen LogP contribution in [0, 0.1) is 12.8 Å². The van der Waals surface area contributed by atoms with E-state index in [1.807, 2.05) is 6.92 Å². The second-order valence-corrected chi connectivity index (χ2v) is 9.09. The number of aryl methyl sites for hydroxylation is 2. The Labute approximate surface area is 167 Å². The summed E-state index contributed by atoms with van der Waals surface area (Å²) in [5.74, 6) is -3.50. The van der Waals surface area contributed by atoms with Crippen molar-refractivity contribution < 1.29 is 17.2 Å². The van der Waals surface area contributed by atoms with Gasteiger partial charge >= 0.3 is 0 Å². The van der Waals surface area contributed by atoms with Gasteiger partial charge in [-0.1, -0.05) is 17.7 Å². The molecule has 0 bridgehead atoms. The molecule has 1 aromatic carbocycles. The molecule has 1 aliphatic rings. The molecule has 0 saturated carbocycles. The standard InChI is InChI=1S/C19H21F2N5O2S/c1-13-2-5-15(6-3-13)29(27,28)26-18-16(10-25-26)17(23-12-24-18)7-4-14-8-9-22-11-19(14,20)21/h2-3,5-6,10,12,14,22H,4,7-9,11H2,1H3/t14-/m0/s1. The van der Waals surface area contributed by atoms with Crippen LogP contribution in [-0.2, 0) is 16.4 Å². The summed E-state index contributed by atoms with van der Waals surface area (Å²) in [5, 5.41) is 7.19. The minimum atomic E-state index is -3.92. The van der Waals surface area contributed by atoms with E-state index in [-0.39, 0.29) is 23.5 Å². The van der Waals surface area contributed by atoms with Crippen molar-refractivity contribution in [2.45, 2.75) is 37.0 Å². The summed E-state index contributed by atoms with van der Waals surface area (Å²) in [6.45, 7) is 2.11. The van der Waals surface area contributed by atoms with Crippen LogP contribution in [0.5, 0.6) is 0 Å². The van der Waals surface area contributed by atoms with E-state index < -0.39 is 21.9 Å². The first-order chi connectivity index (χ1) is 13.8. The number of nitrogens with one attached hydrogen (secondary N) is 1. The Balaban J connectivity index is 1.64. The van der Waals surface area contributed by atoms with Crippen molar-refractivity contribution in [3.05, 3.63) is 48.0 Å². The zero-order chi connectivity index (χ0) is 20.6. The third-order valence-electron chi connectivity index (χ3n) is 5.32. The van der Waals surface area contributed by atoms with Crippen molar-refractivity contribution in [1.29, 1.82) is 0 Å². The molecule has 3 heterocycles. The maximum Gasteiger partial charge on any atom is 0.284 e. The first-order valence-corrected chi connectivity index (χ1v) is 10.8. The molecule has 0 spiro atoms. The molecular formula is C19H21F2N5O2S. The van der Waals surface area contributed by atoms with Gasteiger partial charge < -0.3 is 5.32 Å². The van der Waals surface area contributed by atoms with E-state index in [0.717, 1.165) is 9.65 Å². The number of hydrogen-bond acceptors (Lipinski definition) is 6. The number of hydrogen-bond donors (Lipinski definition) is 1. The summed E-state index contributed by atoms with van der Waals surface area (Å²) in [6, 6.07) is 6.44. The molecule has 154 valence electrons. The van der Waals surface area contributed by atoms with E-state index in [4.69, 9.17) is 0 Å². The first-order valence-electron chi connectivity index (χ1n) is 9.37. The zero-order valence-corrected chi connectivity index (χ0v) is 16.7. The molecule has 0 unspecified atom stereocenters. The van der Waals surface area contributed by atoms with E-state index in [2.05, 4.69) is 20.4 Å². The van der Waals surface area contributed by atoms with E-state index in [1.54, 1.807) is 12.1 Å². The second-order valence-electron chi connectivity index (χ2n) is 7.33. The SMILES string of the molecule is Cc1ccc(S(=O)(=O)n2ncc3c(CC[C@H]4CCNCC4(F)F)ncnc32)cc1. The van der Waals surface area contributed by atoms with Gasteiger partial charge in [0.2, 0.25) is 0 Å². The van der Waals surface area contributed by atoms with Gasteiger partial charge in [-0.15, -0.1) is 4.09 Å². The minimum absolute atomic E-state index is 0.0996. The molecule has 0 radical (unpaired) electrons. The predicted octanol–water partition coefficient (Wildman–Crippen LogP) is 2.55. The molecule has 29 heavy (non-hydrogen) atoms. The average molecular weight is 421 g/mol. The molecule has 0 amide bonds. The fraction of sp³-hybridized carbons (Fsp3) is 0.421. The number of rotatable bonds is 5. The highest BCUT2D eigenvalue weighted by Gasteiger charge is 2.41. The Morgan fingerprint density at radius 3 is 2.72 bits per heavy atom. The smallest absolute Gasteiger partial charge is 0.284 e. The maximum absolute atomic E-state index is 14.1. The van der Waals surface area contributed by atoms with E-state index in [0.29, 0.717) is 30.5 Å². The quantitative estimate of drug-likeness (QED) is 0.681. The second kappa shape index (κ2) is 7.42. The van der Waals surface area contributed by atoms with Gasteiger partial charge in [-0.3, -0.25) is 0 Å². The van der Waals surface area contributed by atoms with Crippen LogP contribution in [-0.4, -0.2) is 46.6 Å². The highest BCUT2D eigenvalue weighted by atomic mass is 32.2. The number of halogens is 2. The summed E-state index contributed by atoms with van der Waals surface area (Å²) < 4.78 is 54.9. The number of aromatic nitrogens is 4. The van der Waals surface area contributed by atoms with E-state index in [9.17, 15) is 17.2 Å². The number of piperidine rings is 1. The van der Waals surface area contributed by atoms with Gasteiger partial charge in [-0.25, -0.2) is 18.7 Å². The number of nitrogens with zero attached hydrogens (tertiary/aromatic N) is 4. The summed E-state index contributed by atoms with van der Waals surface area (Å²) in [4.78, 5) is 8.39. The van der Waals surface area contributed by atoms with Crippen LogP contribution in [0.1, 0.15) is 24.1 Å². The fourth-order valence-electron chi connectivity index (χ4n) is 3.61. The Hall–Kier alpha value is -2.46. The number of benzene rings is 1. The molecule has 1 saturated heterocycles. The molecular weight excluding hydrogens is 400 g/mol. The Bertz CT molecular complexity index is 1130. The Morgan fingerprint density at radius 1 is 1.24 bits per heavy atom. The molecule has 0 aliphatic carbocycles. The van der Waals surface area contributed by atoms with Gasteiger partial charge in [0.05, 0.1) is 28.7 Å². The summed E-state index contributed by atoms with van der Waals surface area (Å²) in [7, 11) is -3.92. The maximum atomic E-state index is 14.1. The summed E-state index contributed by atoms with van der Waals surface area (Å²) in [6.07, 6.45) is 3.59. The fourth-order valence-corrected chi connectivity index (χ4v) is 4.83. The van der Waals surface area contributed by atoms with Crippen molar-refractivity contribution in [3.63, 3.8) is 0 Å². The van der Waals surface area contributed by atoms with Crippen LogP contribution in [0.4, 0.5) is 8.78 Å². The highest BCUT2D eigenvalue weighted by molar-refractivity contribution is 7.90. The van der Waals surface area contributed by atoms with Crippen LogP contribution in [0.2, 0.25) is 0 Å². The van der Waals surface area contributed by atoms with Gasteiger partial charge in [0.15, 0.2) is 5.65 Å². The molecule has 1 N–H and O–H groups in total. The lowest BCUT2D eigenvalue weighted by Gasteiger charge is -2.31. The molecule has 1 atom stereocenters. The lowest BCUT2D eigenvalue weighted by molar-refractivity contribution is -0.0757. The van der Waals surface area contributed by atoms with Gasteiger partial charge in [-0.2, -0.15) is 13.5 Å². The molecule has 1 aliphatic heterocycles. The van der Waals surface area contributed by atoms with Gasteiger partial charge in [0, 0.05) is 5.92 Å². The molecule has 7 nitrogen and oxygen atoms in total. The zero-order valence-electron chi connectivity index (χ0n) is 15.8. The molecule has 2 aromatic heterocycles. The van der Waals surface area contributed by atoms with Crippen molar-refractivity contribution >= 4 is 21.1 Å². The van der Waals surface area contributed by atoms with Crippen molar-refractivity contribution in [2.75, 3.05) is 13.1 Å². The lowest BCUT2D eigenvalue weighted by Crippen LogP contribution is -2.46. The minimum Gasteiger partial charge on any atom is -0.311 e. The van der Waals surface area contributed by atoms with Crippen molar-refractivity contribution in [2.24, 2.45) is 5.92 Å². The molecule has 1 fully saturated rings.